The topological polar surface area (TPSA) is 61.4 Å². The van der Waals surface area contributed by atoms with Crippen LogP contribution in [0.25, 0.3) is 11.4 Å². The standard InChI is InChI=1S/C23H22Cl3N5O/c1-14-15(2)27-21(16-6-8-17(24)9-7-16)29-22(14)30-10-12-31(13-11-30)23(32)28-20-18(25)4-3-5-19(20)26/h3-9H,10-13H2,1-2H3,(H,28,32). The Morgan fingerprint density at radius 2 is 1.53 bits per heavy atom. The van der Waals surface area contributed by atoms with E-state index < -0.39 is 0 Å². The molecule has 0 radical (unpaired) electrons. The second kappa shape index (κ2) is 9.53. The third-order valence-electron chi connectivity index (χ3n) is 5.53. The first-order chi connectivity index (χ1) is 15.3. The highest BCUT2D eigenvalue weighted by molar-refractivity contribution is 6.39. The fourth-order valence-electron chi connectivity index (χ4n) is 3.57. The number of aromatic nitrogens is 2. The van der Waals surface area contributed by atoms with Crippen molar-refractivity contribution in [3.05, 3.63) is 68.8 Å². The molecule has 2 heterocycles. The number of nitrogens with one attached hydrogen (secondary N) is 1. The Balaban J connectivity index is 1.48. The van der Waals surface area contributed by atoms with Crippen LogP contribution in [-0.2, 0) is 0 Å². The molecule has 1 aromatic heterocycles. The van der Waals surface area contributed by atoms with Gasteiger partial charge in [-0.05, 0) is 50.2 Å². The summed E-state index contributed by atoms with van der Waals surface area (Å²) in [6.07, 6.45) is 0. The quantitative estimate of drug-likeness (QED) is 0.484. The Labute approximate surface area is 202 Å². The molecule has 1 saturated heterocycles. The van der Waals surface area contributed by atoms with E-state index in [-0.39, 0.29) is 6.03 Å². The van der Waals surface area contributed by atoms with Gasteiger partial charge in [-0.15, -0.1) is 0 Å². The number of hydrogen-bond acceptors (Lipinski definition) is 4. The minimum absolute atomic E-state index is 0.225. The van der Waals surface area contributed by atoms with Gasteiger partial charge in [-0.2, -0.15) is 0 Å². The fourth-order valence-corrected chi connectivity index (χ4v) is 4.19. The van der Waals surface area contributed by atoms with Crippen LogP contribution >= 0.6 is 34.8 Å². The normalized spacial score (nSPS) is 13.9. The highest BCUT2D eigenvalue weighted by Gasteiger charge is 2.25. The summed E-state index contributed by atoms with van der Waals surface area (Å²) in [5, 5.41) is 4.32. The lowest BCUT2D eigenvalue weighted by atomic mass is 10.1. The average Bonchev–Trinajstić information content (AvgIpc) is 2.79. The van der Waals surface area contributed by atoms with E-state index in [4.69, 9.17) is 39.8 Å². The van der Waals surface area contributed by atoms with Crippen molar-refractivity contribution < 1.29 is 4.79 Å². The molecule has 0 spiro atoms. The van der Waals surface area contributed by atoms with Crippen molar-refractivity contribution in [3.8, 4) is 11.4 Å². The number of anilines is 2. The summed E-state index contributed by atoms with van der Waals surface area (Å²) in [5.41, 5.74) is 3.29. The lowest BCUT2D eigenvalue weighted by Gasteiger charge is -2.36. The fraction of sp³-hybridized carbons (Fsp3) is 0.261. The Morgan fingerprint density at radius 1 is 0.906 bits per heavy atom. The van der Waals surface area contributed by atoms with Gasteiger partial charge in [0.25, 0.3) is 0 Å². The Kier molecular flexibility index (Phi) is 6.74. The van der Waals surface area contributed by atoms with Crippen LogP contribution < -0.4 is 10.2 Å². The molecule has 166 valence electrons. The summed E-state index contributed by atoms with van der Waals surface area (Å²) in [6, 6.07) is 12.4. The molecule has 6 nitrogen and oxygen atoms in total. The Morgan fingerprint density at radius 3 is 2.16 bits per heavy atom. The van der Waals surface area contributed by atoms with E-state index >= 15 is 0 Å². The highest BCUT2D eigenvalue weighted by atomic mass is 35.5. The summed E-state index contributed by atoms with van der Waals surface area (Å²) >= 11 is 18.4. The maximum Gasteiger partial charge on any atom is 0.322 e. The summed E-state index contributed by atoms with van der Waals surface area (Å²) in [6.45, 7) is 6.41. The summed E-state index contributed by atoms with van der Waals surface area (Å²) in [5.74, 6) is 1.55. The van der Waals surface area contributed by atoms with E-state index in [9.17, 15) is 4.79 Å². The molecular formula is C23H22Cl3N5O. The second-order valence-corrected chi connectivity index (χ2v) is 8.84. The zero-order valence-corrected chi connectivity index (χ0v) is 20.0. The zero-order chi connectivity index (χ0) is 22.8. The monoisotopic (exact) mass is 489 g/mol. The number of aryl methyl sites for hydroxylation is 1. The van der Waals surface area contributed by atoms with Gasteiger partial charge in [-0.1, -0.05) is 40.9 Å². The number of amides is 2. The van der Waals surface area contributed by atoms with Crippen molar-refractivity contribution in [1.29, 1.82) is 0 Å². The largest absolute Gasteiger partial charge is 0.353 e. The van der Waals surface area contributed by atoms with E-state index in [1.807, 2.05) is 38.1 Å². The first kappa shape index (κ1) is 22.6. The number of carbonyl (C=O) groups excluding carboxylic acids is 1. The number of urea groups is 1. The molecule has 3 aromatic rings. The number of hydrogen-bond donors (Lipinski definition) is 1. The number of carbonyl (C=O) groups is 1. The molecule has 0 bridgehead atoms. The minimum atomic E-state index is -0.225. The van der Waals surface area contributed by atoms with E-state index in [0.717, 1.165) is 22.6 Å². The molecule has 4 rings (SSSR count). The minimum Gasteiger partial charge on any atom is -0.353 e. The molecule has 32 heavy (non-hydrogen) atoms. The molecule has 1 aliphatic rings. The summed E-state index contributed by atoms with van der Waals surface area (Å²) < 4.78 is 0. The Bertz CT molecular complexity index is 1120. The molecule has 9 heteroatoms. The summed E-state index contributed by atoms with van der Waals surface area (Å²) in [4.78, 5) is 26.2. The van der Waals surface area contributed by atoms with Crippen molar-refractivity contribution in [2.75, 3.05) is 36.4 Å². The van der Waals surface area contributed by atoms with Gasteiger partial charge in [-0.25, -0.2) is 14.8 Å². The first-order valence-corrected chi connectivity index (χ1v) is 11.3. The smallest absolute Gasteiger partial charge is 0.322 e. The van der Waals surface area contributed by atoms with Crippen molar-refractivity contribution in [2.24, 2.45) is 0 Å². The SMILES string of the molecule is Cc1nc(-c2ccc(Cl)cc2)nc(N2CCN(C(=O)Nc3c(Cl)cccc3Cl)CC2)c1C. The lowest BCUT2D eigenvalue weighted by molar-refractivity contribution is 0.208. The van der Waals surface area contributed by atoms with Crippen molar-refractivity contribution in [1.82, 2.24) is 14.9 Å². The first-order valence-electron chi connectivity index (χ1n) is 10.2. The zero-order valence-electron chi connectivity index (χ0n) is 17.7. The molecular weight excluding hydrogens is 469 g/mol. The van der Waals surface area contributed by atoms with Gasteiger partial charge in [-0.3, -0.25) is 0 Å². The van der Waals surface area contributed by atoms with Crippen LogP contribution in [-0.4, -0.2) is 47.1 Å². The molecule has 1 aliphatic heterocycles. The molecule has 0 saturated carbocycles. The van der Waals surface area contributed by atoms with Crippen molar-refractivity contribution in [2.45, 2.75) is 13.8 Å². The van der Waals surface area contributed by atoms with Gasteiger partial charge in [0, 0.05) is 48.0 Å². The lowest BCUT2D eigenvalue weighted by Crippen LogP contribution is -2.50. The van der Waals surface area contributed by atoms with Gasteiger partial charge < -0.3 is 15.1 Å². The third-order valence-corrected chi connectivity index (χ3v) is 6.41. The van der Waals surface area contributed by atoms with E-state index in [2.05, 4.69) is 15.2 Å². The maximum atomic E-state index is 12.7. The number of benzene rings is 2. The molecule has 2 aromatic carbocycles. The van der Waals surface area contributed by atoms with Gasteiger partial charge in [0.1, 0.15) is 5.82 Å². The van der Waals surface area contributed by atoms with Crippen molar-refractivity contribution >= 4 is 52.3 Å². The van der Waals surface area contributed by atoms with Crippen LogP contribution in [0.2, 0.25) is 15.1 Å². The number of piperazine rings is 1. The predicted octanol–water partition coefficient (Wildman–Crippen LogP) is 6.07. The van der Waals surface area contributed by atoms with Crippen LogP contribution in [0.4, 0.5) is 16.3 Å². The van der Waals surface area contributed by atoms with Gasteiger partial charge in [0.2, 0.25) is 0 Å². The van der Waals surface area contributed by atoms with Gasteiger partial charge in [0.15, 0.2) is 5.82 Å². The van der Waals surface area contributed by atoms with Gasteiger partial charge in [0.05, 0.1) is 15.7 Å². The van der Waals surface area contributed by atoms with Crippen LogP contribution in [0.1, 0.15) is 11.3 Å². The van der Waals surface area contributed by atoms with E-state index in [0.29, 0.717) is 52.8 Å². The predicted molar refractivity (Wildman–Crippen MR) is 131 cm³/mol. The van der Waals surface area contributed by atoms with Gasteiger partial charge >= 0.3 is 6.03 Å². The van der Waals surface area contributed by atoms with Crippen LogP contribution in [0.5, 0.6) is 0 Å². The van der Waals surface area contributed by atoms with E-state index in [1.54, 1.807) is 23.1 Å². The van der Waals surface area contributed by atoms with Crippen LogP contribution in [0.3, 0.4) is 0 Å². The summed E-state index contributed by atoms with van der Waals surface area (Å²) in [7, 11) is 0. The van der Waals surface area contributed by atoms with E-state index in [1.165, 1.54) is 0 Å². The Hall–Kier alpha value is -2.54. The average molecular weight is 491 g/mol. The number of nitrogens with zero attached hydrogens (tertiary/aromatic N) is 4. The van der Waals surface area contributed by atoms with Crippen LogP contribution in [0, 0.1) is 13.8 Å². The third kappa shape index (κ3) is 4.77. The highest BCUT2D eigenvalue weighted by Crippen LogP contribution is 2.30. The number of para-hydroxylation sites is 1. The molecule has 1 N–H and O–H groups in total. The van der Waals surface area contributed by atoms with Crippen LogP contribution in [0.15, 0.2) is 42.5 Å². The molecule has 1 fully saturated rings. The second-order valence-electron chi connectivity index (χ2n) is 7.59. The molecule has 0 unspecified atom stereocenters. The number of rotatable bonds is 3. The molecule has 2 amide bonds. The van der Waals surface area contributed by atoms with Crippen molar-refractivity contribution in [3.63, 3.8) is 0 Å². The maximum absolute atomic E-state index is 12.7. The molecule has 0 atom stereocenters. The number of halogens is 3. The molecule has 0 aliphatic carbocycles.